The maximum absolute atomic E-state index is 12.7. The van der Waals surface area contributed by atoms with Gasteiger partial charge in [0.05, 0.1) is 12.2 Å². The van der Waals surface area contributed by atoms with Crippen molar-refractivity contribution in [2.75, 3.05) is 36.5 Å². The number of benzene rings is 2. The van der Waals surface area contributed by atoms with Crippen LogP contribution in [0.25, 0.3) is 0 Å². The van der Waals surface area contributed by atoms with E-state index in [9.17, 15) is 9.59 Å². The summed E-state index contributed by atoms with van der Waals surface area (Å²) in [5, 5.41) is 6.06. The van der Waals surface area contributed by atoms with Gasteiger partial charge in [-0.05, 0) is 81.4 Å². The number of rotatable bonds is 6. The van der Waals surface area contributed by atoms with Crippen LogP contribution in [0.4, 0.5) is 11.4 Å². The van der Waals surface area contributed by atoms with Gasteiger partial charge in [-0.25, -0.2) is 0 Å². The quantitative estimate of drug-likeness (QED) is 0.695. The molecule has 1 aliphatic rings. The maximum atomic E-state index is 12.7. The van der Waals surface area contributed by atoms with E-state index in [-0.39, 0.29) is 17.7 Å². The van der Waals surface area contributed by atoms with Gasteiger partial charge in [-0.15, -0.1) is 11.8 Å². The van der Waals surface area contributed by atoms with Crippen LogP contribution in [0.15, 0.2) is 47.4 Å². The Morgan fingerprint density at radius 1 is 1.03 bits per heavy atom. The fourth-order valence-corrected chi connectivity index (χ4v) is 4.34. The van der Waals surface area contributed by atoms with Crippen LogP contribution in [-0.2, 0) is 9.59 Å². The van der Waals surface area contributed by atoms with Crippen molar-refractivity contribution >= 4 is 35.0 Å². The molecule has 0 saturated carbocycles. The number of anilines is 2. The van der Waals surface area contributed by atoms with Gasteiger partial charge in [-0.3, -0.25) is 14.5 Å². The number of likely N-dealkylation sites (tertiary alicyclic amines) is 1. The average molecular weight is 412 g/mol. The van der Waals surface area contributed by atoms with Gasteiger partial charge in [-0.2, -0.15) is 0 Å². The number of thioether (sulfide) groups is 1. The summed E-state index contributed by atoms with van der Waals surface area (Å²) in [6.07, 6.45) is 3.54. The highest BCUT2D eigenvalue weighted by atomic mass is 32.2. The van der Waals surface area contributed by atoms with Crippen LogP contribution in [0.1, 0.15) is 24.0 Å². The molecule has 0 spiro atoms. The third-order valence-corrected chi connectivity index (χ3v) is 5.99. The second-order valence-electron chi connectivity index (χ2n) is 7.66. The van der Waals surface area contributed by atoms with Gasteiger partial charge < -0.3 is 10.6 Å². The molecule has 0 unspecified atom stereocenters. The SMILES string of the molecule is CSc1ccccc1NC(=O)C1CCN(CC(=O)Nc2cc(C)cc(C)c2)CC1. The summed E-state index contributed by atoms with van der Waals surface area (Å²) in [7, 11) is 0. The van der Waals surface area contributed by atoms with Crippen molar-refractivity contribution in [2.24, 2.45) is 5.92 Å². The first kappa shape index (κ1) is 21.4. The zero-order valence-corrected chi connectivity index (χ0v) is 18.1. The van der Waals surface area contributed by atoms with E-state index in [1.54, 1.807) is 11.8 Å². The standard InChI is InChI=1S/C23H29N3O2S/c1-16-12-17(2)14-19(13-16)24-22(27)15-26-10-8-18(9-11-26)23(28)25-20-6-4-5-7-21(20)29-3/h4-7,12-14,18H,8-11,15H2,1-3H3,(H,24,27)(H,25,28). The minimum atomic E-state index is -0.0105. The molecular formula is C23H29N3O2S. The van der Waals surface area contributed by atoms with Crippen LogP contribution in [0.3, 0.4) is 0 Å². The van der Waals surface area contributed by atoms with E-state index in [1.165, 1.54) is 0 Å². The molecule has 1 heterocycles. The van der Waals surface area contributed by atoms with Gasteiger partial charge in [0.25, 0.3) is 0 Å². The van der Waals surface area contributed by atoms with Crippen molar-refractivity contribution in [1.82, 2.24) is 4.90 Å². The zero-order chi connectivity index (χ0) is 20.8. The first-order valence-electron chi connectivity index (χ1n) is 9.99. The van der Waals surface area contributed by atoms with Gasteiger partial charge in [0.15, 0.2) is 0 Å². The molecule has 1 aliphatic heterocycles. The smallest absolute Gasteiger partial charge is 0.238 e. The van der Waals surface area contributed by atoms with Crippen LogP contribution >= 0.6 is 11.8 Å². The number of hydrogen-bond acceptors (Lipinski definition) is 4. The zero-order valence-electron chi connectivity index (χ0n) is 17.3. The topological polar surface area (TPSA) is 61.4 Å². The van der Waals surface area contributed by atoms with E-state index in [0.29, 0.717) is 6.54 Å². The predicted octanol–water partition coefficient (Wildman–Crippen LogP) is 4.31. The van der Waals surface area contributed by atoms with Gasteiger partial charge in [-0.1, -0.05) is 18.2 Å². The summed E-state index contributed by atoms with van der Waals surface area (Å²) in [4.78, 5) is 28.2. The number of hydrogen-bond donors (Lipinski definition) is 2. The van der Waals surface area contributed by atoms with Gasteiger partial charge in [0.1, 0.15) is 0 Å². The van der Waals surface area contributed by atoms with Crippen molar-refractivity contribution in [1.29, 1.82) is 0 Å². The van der Waals surface area contributed by atoms with E-state index in [4.69, 9.17) is 0 Å². The molecule has 1 saturated heterocycles. The lowest BCUT2D eigenvalue weighted by Crippen LogP contribution is -2.41. The third-order valence-electron chi connectivity index (χ3n) is 5.20. The number of para-hydroxylation sites is 1. The Balaban J connectivity index is 1.47. The van der Waals surface area contributed by atoms with Crippen LogP contribution < -0.4 is 10.6 Å². The number of amides is 2. The van der Waals surface area contributed by atoms with Crippen LogP contribution in [-0.4, -0.2) is 42.6 Å². The number of piperidine rings is 1. The molecular weight excluding hydrogens is 382 g/mol. The fourth-order valence-electron chi connectivity index (χ4n) is 3.79. The maximum Gasteiger partial charge on any atom is 0.238 e. The van der Waals surface area contributed by atoms with E-state index >= 15 is 0 Å². The Hall–Kier alpha value is -2.31. The minimum Gasteiger partial charge on any atom is -0.325 e. The molecule has 3 rings (SSSR count). The van der Waals surface area contributed by atoms with Crippen molar-refractivity contribution in [3.63, 3.8) is 0 Å². The highest BCUT2D eigenvalue weighted by Crippen LogP contribution is 2.26. The van der Waals surface area contributed by atoms with E-state index in [1.807, 2.05) is 56.5 Å². The summed E-state index contributed by atoms with van der Waals surface area (Å²) in [6.45, 7) is 5.91. The van der Waals surface area contributed by atoms with Crippen molar-refractivity contribution in [3.8, 4) is 0 Å². The predicted molar refractivity (Wildman–Crippen MR) is 121 cm³/mol. The Morgan fingerprint density at radius 3 is 2.34 bits per heavy atom. The summed E-state index contributed by atoms with van der Waals surface area (Å²) < 4.78 is 0. The van der Waals surface area contributed by atoms with Gasteiger partial charge in [0, 0.05) is 16.5 Å². The number of carbonyl (C=O) groups is 2. The van der Waals surface area contributed by atoms with Crippen LogP contribution in [0, 0.1) is 19.8 Å². The second-order valence-corrected chi connectivity index (χ2v) is 8.51. The van der Waals surface area contributed by atoms with Crippen molar-refractivity contribution in [2.45, 2.75) is 31.6 Å². The fraction of sp³-hybridized carbons (Fsp3) is 0.391. The summed E-state index contributed by atoms with van der Waals surface area (Å²) >= 11 is 1.63. The van der Waals surface area contributed by atoms with E-state index in [0.717, 1.165) is 53.3 Å². The molecule has 0 aliphatic carbocycles. The highest BCUT2D eigenvalue weighted by molar-refractivity contribution is 7.98. The van der Waals surface area contributed by atoms with Gasteiger partial charge >= 0.3 is 0 Å². The molecule has 2 aromatic carbocycles. The lowest BCUT2D eigenvalue weighted by molar-refractivity contribution is -0.121. The number of nitrogens with one attached hydrogen (secondary N) is 2. The molecule has 0 bridgehead atoms. The normalized spacial score (nSPS) is 15.1. The molecule has 1 fully saturated rings. The monoisotopic (exact) mass is 411 g/mol. The van der Waals surface area contributed by atoms with Gasteiger partial charge in [0.2, 0.25) is 11.8 Å². The Kier molecular flexibility index (Phi) is 7.34. The molecule has 29 heavy (non-hydrogen) atoms. The van der Waals surface area contributed by atoms with E-state index in [2.05, 4.69) is 21.6 Å². The first-order valence-corrected chi connectivity index (χ1v) is 11.2. The van der Waals surface area contributed by atoms with E-state index < -0.39 is 0 Å². The lowest BCUT2D eigenvalue weighted by Gasteiger charge is -2.30. The molecule has 5 nitrogen and oxygen atoms in total. The molecule has 0 aromatic heterocycles. The van der Waals surface area contributed by atoms with Crippen LogP contribution in [0.5, 0.6) is 0 Å². The Bertz CT molecular complexity index is 856. The number of carbonyl (C=O) groups excluding carboxylic acids is 2. The number of aryl methyl sites for hydroxylation is 2. The minimum absolute atomic E-state index is 0.00759. The average Bonchev–Trinajstić information content (AvgIpc) is 2.68. The van der Waals surface area contributed by atoms with Crippen molar-refractivity contribution in [3.05, 3.63) is 53.6 Å². The largest absolute Gasteiger partial charge is 0.325 e. The highest BCUT2D eigenvalue weighted by Gasteiger charge is 2.26. The molecule has 2 N–H and O–H groups in total. The second kappa shape index (κ2) is 9.94. The third kappa shape index (κ3) is 6.08. The van der Waals surface area contributed by atoms with Crippen LogP contribution in [0.2, 0.25) is 0 Å². The molecule has 0 radical (unpaired) electrons. The summed E-state index contributed by atoms with van der Waals surface area (Å²) in [5.41, 5.74) is 3.99. The number of nitrogens with zero attached hydrogens (tertiary/aromatic N) is 1. The van der Waals surface area contributed by atoms with Crippen molar-refractivity contribution < 1.29 is 9.59 Å². The lowest BCUT2D eigenvalue weighted by atomic mass is 9.96. The summed E-state index contributed by atoms with van der Waals surface area (Å²) in [6, 6.07) is 13.9. The molecule has 6 heteroatoms. The molecule has 0 atom stereocenters. The first-order chi connectivity index (χ1) is 13.9. The Labute approximate surface area is 177 Å². The molecule has 154 valence electrons. The molecule has 2 amide bonds. The molecule has 2 aromatic rings. The summed E-state index contributed by atoms with van der Waals surface area (Å²) in [5.74, 6) is 0.0567. The Morgan fingerprint density at radius 2 is 1.69 bits per heavy atom.